The van der Waals surface area contributed by atoms with Gasteiger partial charge in [-0.1, -0.05) is 27.7 Å². The number of likely N-dealkylation sites (tertiary alicyclic amines) is 2. The molecule has 2 nitrogen and oxygen atoms in total. The molecule has 0 amide bonds. The van der Waals surface area contributed by atoms with Crippen molar-refractivity contribution in [1.82, 2.24) is 9.80 Å². The second kappa shape index (κ2) is 9.03. The molecule has 0 N–H and O–H groups in total. The molecule has 24 heavy (non-hydrogen) atoms. The lowest BCUT2D eigenvalue weighted by Crippen LogP contribution is -2.37. The molecule has 142 valence electrons. The molecule has 0 radical (unpaired) electrons. The van der Waals surface area contributed by atoms with Crippen LogP contribution in [0, 0.1) is 23.2 Å². The highest BCUT2D eigenvalue weighted by atomic mass is 15.1. The van der Waals surface area contributed by atoms with E-state index in [4.69, 9.17) is 0 Å². The van der Waals surface area contributed by atoms with Crippen molar-refractivity contribution in [2.45, 2.75) is 86.1 Å². The molecule has 3 unspecified atom stereocenters. The zero-order valence-electron chi connectivity index (χ0n) is 17.5. The lowest BCUT2D eigenvalue weighted by Gasteiger charge is -2.43. The van der Waals surface area contributed by atoms with E-state index in [2.05, 4.69) is 51.3 Å². The Kier molecular flexibility index (Phi) is 7.61. The molecule has 2 saturated heterocycles. The van der Waals surface area contributed by atoms with Gasteiger partial charge in [-0.2, -0.15) is 0 Å². The van der Waals surface area contributed by atoms with Crippen LogP contribution in [0.25, 0.3) is 0 Å². The maximum atomic E-state index is 2.70. The predicted molar refractivity (Wildman–Crippen MR) is 106 cm³/mol. The van der Waals surface area contributed by atoms with Gasteiger partial charge in [0.05, 0.1) is 0 Å². The average molecular weight is 337 g/mol. The molecule has 2 heterocycles. The molecule has 0 aromatic heterocycles. The fourth-order valence-electron chi connectivity index (χ4n) is 5.36. The number of rotatable bonds is 5. The standard InChI is InChI=1S/C22H44N2/c1-7-23-14-9-11-21(13-16-23)22(5,6)19(4)20-10-8-15-24(17-12-20)18(2)3/h18-21H,7-17H2,1-6H3. The van der Waals surface area contributed by atoms with Crippen LogP contribution >= 0.6 is 0 Å². The first-order valence-electron chi connectivity index (χ1n) is 10.8. The van der Waals surface area contributed by atoms with Gasteiger partial charge in [-0.05, 0) is 108 Å². The van der Waals surface area contributed by atoms with Crippen molar-refractivity contribution in [1.29, 1.82) is 0 Å². The van der Waals surface area contributed by atoms with Gasteiger partial charge in [0.15, 0.2) is 0 Å². The van der Waals surface area contributed by atoms with Gasteiger partial charge in [0.25, 0.3) is 0 Å². The molecule has 0 aliphatic carbocycles. The Bertz CT molecular complexity index is 363. The molecule has 2 aliphatic heterocycles. The molecule has 0 bridgehead atoms. The second-order valence-corrected chi connectivity index (χ2v) is 9.49. The van der Waals surface area contributed by atoms with E-state index < -0.39 is 0 Å². The Morgan fingerprint density at radius 3 is 2.25 bits per heavy atom. The van der Waals surface area contributed by atoms with Crippen LogP contribution < -0.4 is 0 Å². The lowest BCUT2D eigenvalue weighted by atomic mass is 9.62. The summed E-state index contributed by atoms with van der Waals surface area (Å²) in [7, 11) is 0. The molecule has 2 aliphatic rings. The topological polar surface area (TPSA) is 6.48 Å². The third kappa shape index (κ3) is 4.97. The monoisotopic (exact) mass is 336 g/mol. The zero-order valence-corrected chi connectivity index (χ0v) is 17.5. The number of hydrogen-bond acceptors (Lipinski definition) is 2. The van der Waals surface area contributed by atoms with Gasteiger partial charge in [-0.3, -0.25) is 0 Å². The van der Waals surface area contributed by atoms with Crippen LogP contribution in [0.5, 0.6) is 0 Å². The highest BCUT2D eigenvalue weighted by Crippen LogP contribution is 2.46. The Morgan fingerprint density at radius 1 is 0.875 bits per heavy atom. The normalized spacial score (nSPS) is 30.1. The van der Waals surface area contributed by atoms with Gasteiger partial charge in [-0.25, -0.2) is 0 Å². The first-order valence-corrected chi connectivity index (χ1v) is 10.8. The van der Waals surface area contributed by atoms with Crippen LogP contribution in [0.3, 0.4) is 0 Å². The third-order valence-corrected chi connectivity index (χ3v) is 7.74. The van der Waals surface area contributed by atoms with Crippen LogP contribution in [0.15, 0.2) is 0 Å². The van der Waals surface area contributed by atoms with Crippen molar-refractivity contribution >= 4 is 0 Å². The molecule has 0 spiro atoms. The van der Waals surface area contributed by atoms with E-state index in [0.29, 0.717) is 11.5 Å². The van der Waals surface area contributed by atoms with Crippen LogP contribution in [0.2, 0.25) is 0 Å². The Balaban J connectivity index is 1.97. The van der Waals surface area contributed by atoms with Gasteiger partial charge < -0.3 is 9.80 Å². The molecular weight excluding hydrogens is 292 g/mol. The lowest BCUT2D eigenvalue weighted by molar-refractivity contribution is 0.0630. The summed E-state index contributed by atoms with van der Waals surface area (Å²) < 4.78 is 0. The minimum absolute atomic E-state index is 0.488. The van der Waals surface area contributed by atoms with Gasteiger partial charge in [0, 0.05) is 6.04 Å². The highest BCUT2D eigenvalue weighted by Gasteiger charge is 2.39. The molecule has 0 aromatic rings. The zero-order chi connectivity index (χ0) is 17.7. The van der Waals surface area contributed by atoms with Crippen LogP contribution in [0.4, 0.5) is 0 Å². The van der Waals surface area contributed by atoms with Crippen molar-refractivity contribution in [2.75, 3.05) is 32.7 Å². The summed E-state index contributed by atoms with van der Waals surface area (Å²) in [5, 5.41) is 0. The fourth-order valence-corrected chi connectivity index (χ4v) is 5.36. The fraction of sp³-hybridized carbons (Fsp3) is 1.00. The van der Waals surface area contributed by atoms with Crippen LogP contribution in [-0.4, -0.2) is 48.6 Å². The Hall–Kier alpha value is -0.0800. The Morgan fingerprint density at radius 2 is 1.58 bits per heavy atom. The SMILES string of the molecule is CCN1CCCC(C(C)(C)C(C)C2CCCN(C(C)C)CC2)CC1. The maximum absolute atomic E-state index is 2.70. The summed E-state index contributed by atoms with van der Waals surface area (Å²) in [6.45, 7) is 21.3. The van der Waals surface area contributed by atoms with Gasteiger partial charge >= 0.3 is 0 Å². The second-order valence-electron chi connectivity index (χ2n) is 9.49. The van der Waals surface area contributed by atoms with E-state index in [1.165, 1.54) is 71.2 Å². The molecule has 0 aromatic carbocycles. The summed E-state index contributed by atoms with van der Waals surface area (Å²) in [5.74, 6) is 2.69. The minimum atomic E-state index is 0.488. The largest absolute Gasteiger partial charge is 0.304 e. The van der Waals surface area contributed by atoms with Crippen molar-refractivity contribution in [3.05, 3.63) is 0 Å². The highest BCUT2D eigenvalue weighted by molar-refractivity contribution is 4.89. The maximum Gasteiger partial charge on any atom is 0.00385 e. The molecule has 0 saturated carbocycles. The van der Waals surface area contributed by atoms with Gasteiger partial charge in [0.1, 0.15) is 0 Å². The van der Waals surface area contributed by atoms with E-state index in [0.717, 1.165) is 17.8 Å². The molecular formula is C22H44N2. The minimum Gasteiger partial charge on any atom is -0.304 e. The number of nitrogens with zero attached hydrogens (tertiary/aromatic N) is 2. The van der Waals surface area contributed by atoms with E-state index >= 15 is 0 Å². The first kappa shape index (κ1) is 20.2. The summed E-state index contributed by atoms with van der Waals surface area (Å²) in [6, 6.07) is 0.717. The van der Waals surface area contributed by atoms with Crippen molar-refractivity contribution in [2.24, 2.45) is 23.2 Å². The van der Waals surface area contributed by atoms with E-state index in [-0.39, 0.29) is 0 Å². The van der Waals surface area contributed by atoms with Crippen molar-refractivity contribution in [3.8, 4) is 0 Å². The molecule has 2 fully saturated rings. The van der Waals surface area contributed by atoms with Gasteiger partial charge in [0.2, 0.25) is 0 Å². The Labute approximate surface area is 152 Å². The van der Waals surface area contributed by atoms with E-state index in [9.17, 15) is 0 Å². The number of hydrogen-bond donors (Lipinski definition) is 0. The van der Waals surface area contributed by atoms with Gasteiger partial charge in [-0.15, -0.1) is 0 Å². The molecule has 2 heteroatoms. The summed E-state index contributed by atoms with van der Waals surface area (Å²) in [6.07, 6.45) is 8.52. The molecule has 2 rings (SSSR count). The average Bonchev–Trinajstić information content (AvgIpc) is 2.94. The quantitative estimate of drug-likeness (QED) is 0.674. The van der Waals surface area contributed by atoms with E-state index in [1.807, 2.05) is 0 Å². The van der Waals surface area contributed by atoms with Crippen LogP contribution in [-0.2, 0) is 0 Å². The molecule has 3 atom stereocenters. The first-order chi connectivity index (χ1) is 11.4. The summed E-state index contributed by atoms with van der Waals surface area (Å²) in [4.78, 5) is 5.36. The summed E-state index contributed by atoms with van der Waals surface area (Å²) >= 11 is 0. The van der Waals surface area contributed by atoms with Crippen molar-refractivity contribution in [3.63, 3.8) is 0 Å². The summed E-state index contributed by atoms with van der Waals surface area (Å²) in [5.41, 5.74) is 0.488. The predicted octanol–water partition coefficient (Wildman–Crippen LogP) is 5.28. The third-order valence-electron chi connectivity index (χ3n) is 7.74. The van der Waals surface area contributed by atoms with E-state index in [1.54, 1.807) is 0 Å². The van der Waals surface area contributed by atoms with Crippen molar-refractivity contribution < 1.29 is 0 Å². The van der Waals surface area contributed by atoms with Crippen LogP contribution in [0.1, 0.15) is 80.1 Å². The smallest absolute Gasteiger partial charge is 0.00385 e.